The topological polar surface area (TPSA) is 41.6 Å². The third-order valence-corrected chi connectivity index (χ3v) is 3.08. The van der Waals surface area contributed by atoms with Crippen molar-refractivity contribution in [3.63, 3.8) is 0 Å². The van der Waals surface area contributed by atoms with Gasteiger partial charge in [-0.2, -0.15) is 8.78 Å². The monoisotopic (exact) mass is 332 g/mol. The second-order valence-corrected chi connectivity index (χ2v) is 5.15. The van der Waals surface area contributed by atoms with Crippen molar-refractivity contribution in [1.29, 1.82) is 0 Å². The molecule has 1 N–H and O–H groups in total. The van der Waals surface area contributed by atoms with Crippen LogP contribution in [0.3, 0.4) is 0 Å². The van der Waals surface area contributed by atoms with Gasteiger partial charge in [-0.05, 0) is 32.0 Å². The van der Waals surface area contributed by atoms with Gasteiger partial charge >= 0.3 is 6.61 Å². The first-order valence-corrected chi connectivity index (χ1v) is 7.11. The summed E-state index contributed by atoms with van der Waals surface area (Å²) in [5, 5.41) is 2.95. The van der Waals surface area contributed by atoms with E-state index in [1.807, 2.05) is 13.8 Å². The predicted octanol–water partition coefficient (Wildman–Crippen LogP) is 3.78. The summed E-state index contributed by atoms with van der Waals surface area (Å²) in [7, 11) is 0. The standard InChI is InChI=1S/C15H19ClF2N2O2/c1-4-20(9-10(2)3)14(21)8-19-11-5-6-13(12(16)7-11)22-15(17)18/h5-7,15,19H,2,4,8-9H2,1,3H3. The normalized spacial score (nSPS) is 10.5. The maximum Gasteiger partial charge on any atom is 0.387 e. The van der Waals surface area contributed by atoms with Crippen LogP contribution in [0.1, 0.15) is 13.8 Å². The van der Waals surface area contributed by atoms with E-state index in [0.717, 1.165) is 5.57 Å². The van der Waals surface area contributed by atoms with E-state index in [9.17, 15) is 13.6 Å². The van der Waals surface area contributed by atoms with E-state index in [0.29, 0.717) is 18.8 Å². The Morgan fingerprint density at radius 1 is 1.50 bits per heavy atom. The number of alkyl halides is 2. The Balaban J connectivity index is 2.62. The van der Waals surface area contributed by atoms with Gasteiger partial charge in [-0.25, -0.2) is 0 Å². The summed E-state index contributed by atoms with van der Waals surface area (Å²) in [6.07, 6.45) is 0. The van der Waals surface area contributed by atoms with Crippen LogP contribution in [0, 0.1) is 0 Å². The molecule has 0 aliphatic carbocycles. The zero-order valence-corrected chi connectivity index (χ0v) is 13.3. The van der Waals surface area contributed by atoms with Gasteiger partial charge in [0.1, 0.15) is 5.75 Å². The molecule has 1 amide bonds. The number of rotatable bonds is 8. The van der Waals surface area contributed by atoms with Crippen LogP contribution in [-0.2, 0) is 4.79 Å². The fraction of sp³-hybridized carbons (Fsp3) is 0.400. The lowest BCUT2D eigenvalue weighted by Crippen LogP contribution is -2.36. The largest absolute Gasteiger partial charge is 0.433 e. The average molecular weight is 333 g/mol. The zero-order chi connectivity index (χ0) is 16.7. The number of anilines is 1. The molecule has 122 valence electrons. The molecule has 0 heterocycles. The Morgan fingerprint density at radius 3 is 2.68 bits per heavy atom. The predicted molar refractivity (Wildman–Crippen MR) is 83.6 cm³/mol. The molecule has 1 rings (SSSR count). The molecule has 0 atom stereocenters. The molecule has 4 nitrogen and oxygen atoms in total. The zero-order valence-electron chi connectivity index (χ0n) is 12.5. The molecule has 0 aromatic heterocycles. The molecule has 0 saturated heterocycles. The smallest absolute Gasteiger partial charge is 0.387 e. The van der Waals surface area contributed by atoms with E-state index in [4.69, 9.17) is 11.6 Å². The second-order valence-electron chi connectivity index (χ2n) is 4.74. The highest BCUT2D eigenvalue weighted by molar-refractivity contribution is 6.32. The van der Waals surface area contributed by atoms with Crippen LogP contribution in [0.2, 0.25) is 5.02 Å². The highest BCUT2D eigenvalue weighted by Gasteiger charge is 2.12. The fourth-order valence-corrected chi connectivity index (χ4v) is 2.02. The first-order chi connectivity index (χ1) is 10.3. The molecule has 0 bridgehead atoms. The summed E-state index contributed by atoms with van der Waals surface area (Å²) < 4.78 is 28.5. The number of hydrogen-bond donors (Lipinski definition) is 1. The summed E-state index contributed by atoms with van der Waals surface area (Å²) in [5.74, 6) is -0.194. The number of likely N-dealkylation sites (N-methyl/N-ethyl adjacent to an activating group) is 1. The first kappa shape index (κ1) is 18.2. The van der Waals surface area contributed by atoms with Crippen molar-refractivity contribution in [3.8, 4) is 5.75 Å². The lowest BCUT2D eigenvalue weighted by atomic mass is 10.3. The van der Waals surface area contributed by atoms with Crippen LogP contribution < -0.4 is 10.1 Å². The summed E-state index contributed by atoms with van der Waals surface area (Å²) in [4.78, 5) is 13.7. The molecule has 0 fully saturated rings. The highest BCUT2D eigenvalue weighted by Crippen LogP contribution is 2.28. The Morgan fingerprint density at radius 2 is 2.18 bits per heavy atom. The van der Waals surface area contributed by atoms with E-state index < -0.39 is 6.61 Å². The lowest BCUT2D eigenvalue weighted by Gasteiger charge is -2.21. The van der Waals surface area contributed by atoms with Gasteiger partial charge in [0.25, 0.3) is 0 Å². The number of halogens is 3. The number of hydrogen-bond acceptors (Lipinski definition) is 3. The molecule has 0 spiro atoms. The molecule has 7 heteroatoms. The van der Waals surface area contributed by atoms with Crippen molar-refractivity contribution in [3.05, 3.63) is 35.4 Å². The number of ether oxygens (including phenoxy) is 1. The van der Waals surface area contributed by atoms with Crippen LogP contribution >= 0.6 is 11.6 Å². The van der Waals surface area contributed by atoms with Crippen molar-refractivity contribution < 1.29 is 18.3 Å². The van der Waals surface area contributed by atoms with E-state index in [1.54, 1.807) is 4.90 Å². The molecule has 0 unspecified atom stereocenters. The van der Waals surface area contributed by atoms with Gasteiger partial charge in [0, 0.05) is 18.8 Å². The third kappa shape index (κ3) is 5.89. The Bertz CT molecular complexity index is 538. The molecular formula is C15H19ClF2N2O2. The summed E-state index contributed by atoms with van der Waals surface area (Å²) in [6.45, 7) is 5.74. The van der Waals surface area contributed by atoms with Crippen molar-refractivity contribution >= 4 is 23.2 Å². The van der Waals surface area contributed by atoms with E-state index in [2.05, 4.69) is 16.6 Å². The van der Waals surface area contributed by atoms with Crippen LogP contribution in [0.25, 0.3) is 0 Å². The molecule has 0 aliphatic rings. The Hall–Kier alpha value is -1.82. The van der Waals surface area contributed by atoms with Crippen molar-refractivity contribution in [2.75, 3.05) is 25.0 Å². The molecule has 0 aliphatic heterocycles. The first-order valence-electron chi connectivity index (χ1n) is 6.73. The second kappa shape index (κ2) is 8.58. The van der Waals surface area contributed by atoms with Gasteiger partial charge in [0.15, 0.2) is 0 Å². The fourth-order valence-electron chi connectivity index (χ4n) is 1.79. The van der Waals surface area contributed by atoms with Gasteiger partial charge in [0.2, 0.25) is 5.91 Å². The lowest BCUT2D eigenvalue weighted by molar-refractivity contribution is -0.128. The Labute approximate surface area is 133 Å². The number of benzene rings is 1. The van der Waals surface area contributed by atoms with Gasteiger partial charge in [0.05, 0.1) is 11.6 Å². The quantitative estimate of drug-likeness (QED) is 0.737. The van der Waals surface area contributed by atoms with Gasteiger partial charge < -0.3 is 15.0 Å². The van der Waals surface area contributed by atoms with Crippen LogP contribution in [0.15, 0.2) is 30.4 Å². The van der Waals surface area contributed by atoms with E-state index in [1.165, 1.54) is 18.2 Å². The maximum atomic E-state index is 12.1. The number of carbonyl (C=O) groups excluding carboxylic acids is 1. The minimum atomic E-state index is -2.93. The van der Waals surface area contributed by atoms with Crippen molar-refractivity contribution in [2.24, 2.45) is 0 Å². The van der Waals surface area contributed by atoms with Crippen molar-refractivity contribution in [1.82, 2.24) is 4.90 Å². The van der Waals surface area contributed by atoms with Crippen LogP contribution in [0.4, 0.5) is 14.5 Å². The minimum absolute atomic E-state index is 0.0482. The Kier molecular flexibility index (Phi) is 7.11. The molecule has 0 saturated carbocycles. The number of nitrogens with zero attached hydrogens (tertiary/aromatic N) is 1. The van der Waals surface area contributed by atoms with E-state index in [-0.39, 0.29) is 23.2 Å². The SMILES string of the molecule is C=C(C)CN(CC)C(=O)CNc1ccc(OC(F)F)c(Cl)c1. The highest BCUT2D eigenvalue weighted by atomic mass is 35.5. The summed E-state index contributed by atoms with van der Waals surface area (Å²) in [6, 6.07) is 4.28. The van der Waals surface area contributed by atoms with E-state index >= 15 is 0 Å². The number of amides is 1. The summed E-state index contributed by atoms with van der Waals surface area (Å²) in [5.41, 5.74) is 1.44. The average Bonchev–Trinajstić information content (AvgIpc) is 2.44. The number of carbonyl (C=O) groups is 1. The molecule has 0 radical (unpaired) electrons. The van der Waals surface area contributed by atoms with Gasteiger partial charge in [-0.3, -0.25) is 4.79 Å². The van der Waals surface area contributed by atoms with Crippen LogP contribution in [0.5, 0.6) is 5.75 Å². The molecule has 1 aromatic carbocycles. The molecular weight excluding hydrogens is 314 g/mol. The third-order valence-electron chi connectivity index (χ3n) is 2.79. The molecule has 22 heavy (non-hydrogen) atoms. The van der Waals surface area contributed by atoms with Gasteiger partial charge in [-0.1, -0.05) is 23.8 Å². The minimum Gasteiger partial charge on any atom is -0.433 e. The van der Waals surface area contributed by atoms with Crippen LogP contribution in [-0.4, -0.2) is 37.1 Å². The molecule has 1 aromatic rings. The van der Waals surface area contributed by atoms with Crippen molar-refractivity contribution in [2.45, 2.75) is 20.5 Å². The maximum absolute atomic E-state index is 12.1. The number of nitrogens with one attached hydrogen (secondary N) is 1. The summed E-state index contributed by atoms with van der Waals surface area (Å²) >= 11 is 5.84. The van der Waals surface area contributed by atoms with Gasteiger partial charge in [-0.15, -0.1) is 0 Å².